The number of hydrogen-bond acceptors (Lipinski definition) is 5. The van der Waals surface area contributed by atoms with Crippen LogP contribution in [0.1, 0.15) is 19.3 Å². The third kappa shape index (κ3) is 4.40. The van der Waals surface area contributed by atoms with Crippen molar-refractivity contribution in [3.63, 3.8) is 0 Å². The molecule has 2 rings (SSSR count). The molecule has 19 heavy (non-hydrogen) atoms. The van der Waals surface area contributed by atoms with Crippen LogP contribution < -0.4 is 10.6 Å². The molecule has 1 aliphatic heterocycles. The minimum Gasteiger partial charge on any atom is -0.354 e. The van der Waals surface area contributed by atoms with Crippen LogP contribution in [0.5, 0.6) is 0 Å². The highest BCUT2D eigenvalue weighted by molar-refractivity contribution is 9.10. The van der Waals surface area contributed by atoms with Crippen LogP contribution >= 0.6 is 15.9 Å². The van der Waals surface area contributed by atoms with E-state index < -0.39 is 0 Å². The molecule has 0 spiro atoms. The molecule has 0 radical (unpaired) electrons. The molecule has 2 heterocycles. The molecular weight excluding hydrogens is 306 g/mol. The Morgan fingerprint density at radius 3 is 2.89 bits per heavy atom. The highest BCUT2D eigenvalue weighted by atomic mass is 79.9. The molecule has 1 fully saturated rings. The summed E-state index contributed by atoms with van der Waals surface area (Å²) in [4.78, 5) is 13.3. The van der Waals surface area contributed by atoms with Crippen LogP contribution in [0.25, 0.3) is 0 Å². The highest BCUT2D eigenvalue weighted by Crippen LogP contribution is 2.23. The molecule has 0 atom stereocenters. The summed E-state index contributed by atoms with van der Waals surface area (Å²) in [6.45, 7) is 6.32. The van der Waals surface area contributed by atoms with Crippen molar-refractivity contribution in [3.05, 3.63) is 17.0 Å². The molecule has 1 aromatic rings. The Morgan fingerprint density at radius 2 is 2.11 bits per heavy atom. The summed E-state index contributed by atoms with van der Waals surface area (Å²) in [5, 5.41) is 0. The van der Waals surface area contributed by atoms with Crippen molar-refractivity contribution in [1.82, 2.24) is 14.9 Å². The summed E-state index contributed by atoms with van der Waals surface area (Å²) in [7, 11) is 0. The fraction of sp³-hybridized carbons (Fsp3) is 0.692. The van der Waals surface area contributed by atoms with E-state index in [2.05, 4.69) is 35.7 Å². The van der Waals surface area contributed by atoms with E-state index in [-0.39, 0.29) is 0 Å². The van der Waals surface area contributed by atoms with E-state index in [9.17, 15) is 0 Å². The van der Waals surface area contributed by atoms with Gasteiger partial charge in [0.2, 0.25) is 0 Å². The summed E-state index contributed by atoms with van der Waals surface area (Å²) in [5.74, 6) is 1.01. The summed E-state index contributed by atoms with van der Waals surface area (Å²) < 4.78 is 0.978. The van der Waals surface area contributed by atoms with Crippen LogP contribution in [0, 0.1) is 0 Å². The number of anilines is 1. The molecule has 0 aromatic carbocycles. The second-order valence-electron chi connectivity index (χ2n) is 4.87. The first kappa shape index (κ1) is 14.7. The van der Waals surface area contributed by atoms with Crippen molar-refractivity contribution < 1.29 is 0 Å². The van der Waals surface area contributed by atoms with Crippen molar-refractivity contribution in [1.29, 1.82) is 0 Å². The smallest absolute Gasteiger partial charge is 0.146 e. The molecule has 6 heteroatoms. The van der Waals surface area contributed by atoms with Gasteiger partial charge in [0.1, 0.15) is 12.1 Å². The van der Waals surface area contributed by atoms with Gasteiger partial charge in [0.05, 0.1) is 4.47 Å². The molecule has 0 amide bonds. The van der Waals surface area contributed by atoms with Crippen LogP contribution in [0.2, 0.25) is 0 Å². The van der Waals surface area contributed by atoms with Gasteiger partial charge in [0.25, 0.3) is 0 Å². The quantitative estimate of drug-likeness (QED) is 0.830. The fourth-order valence-electron chi connectivity index (χ4n) is 2.42. The predicted molar refractivity (Wildman–Crippen MR) is 81.3 cm³/mol. The lowest BCUT2D eigenvalue weighted by Crippen LogP contribution is -2.32. The Bertz CT molecular complexity index is 387. The molecule has 2 N–H and O–H groups in total. The number of hydrogen-bond donors (Lipinski definition) is 1. The van der Waals surface area contributed by atoms with Crippen molar-refractivity contribution >= 4 is 21.7 Å². The Hall–Kier alpha value is -0.720. The fourth-order valence-corrected chi connectivity index (χ4v) is 2.90. The van der Waals surface area contributed by atoms with Gasteiger partial charge in [-0.15, -0.1) is 0 Å². The highest BCUT2D eigenvalue weighted by Gasteiger charge is 2.17. The van der Waals surface area contributed by atoms with Gasteiger partial charge in [-0.3, -0.25) is 0 Å². The molecule has 106 valence electrons. The maximum absolute atomic E-state index is 5.54. The number of rotatable bonds is 5. The molecule has 1 aromatic heterocycles. The van der Waals surface area contributed by atoms with Crippen molar-refractivity contribution in [2.24, 2.45) is 5.73 Å². The lowest BCUT2D eigenvalue weighted by molar-refractivity contribution is 0.288. The molecule has 1 aliphatic rings. The van der Waals surface area contributed by atoms with Crippen molar-refractivity contribution in [3.8, 4) is 0 Å². The average molecular weight is 328 g/mol. The lowest BCUT2D eigenvalue weighted by Gasteiger charge is -2.23. The second kappa shape index (κ2) is 7.77. The van der Waals surface area contributed by atoms with Gasteiger partial charge in [-0.1, -0.05) is 0 Å². The van der Waals surface area contributed by atoms with Crippen LogP contribution in [0.15, 0.2) is 17.0 Å². The third-order valence-electron chi connectivity index (χ3n) is 3.46. The zero-order valence-corrected chi connectivity index (χ0v) is 12.8. The van der Waals surface area contributed by atoms with Gasteiger partial charge in [-0.25, -0.2) is 9.97 Å². The van der Waals surface area contributed by atoms with Gasteiger partial charge in [-0.05, 0) is 54.8 Å². The number of unbranched alkanes of at least 4 members (excludes halogenated alkanes) is 1. The van der Waals surface area contributed by atoms with Gasteiger partial charge in [0, 0.05) is 25.8 Å². The molecule has 0 bridgehead atoms. The van der Waals surface area contributed by atoms with Crippen LogP contribution in [-0.2, 0) is 0 Å². The Labute approximate surface area is 123 Å². The summed E-state index contributed by atoms with van der Waals surface area (Å²) in [6.07, 6.45) is 6.93. The predicted octanol–water partition coefficient (Wildman–Crippen LogP) is 1.49. The van der Waals surface area contributed by atoms with E-state index in [0.29, 0.717) is 0 Å². The van der Waals surface area contributed by atoms with E-state index in [1.807, 2.05) is 6.20 Å². The lowest BCUT2D eigenvalue weighted by atomic mass is 10.3. The van der Waals surface area contributed by atoms with Crippen molar-refractivity contribution in [2.45, 2.75) is 19.3 Å². The minimum absolute atomic E-state index is 0.799. The summed E-state index contributed by atoms with van der Waals surface area (Å²) in [5.41, 5.74) is 5.54. The summed E-state index contributed by atoms with van der Waals surface area (Å²) >= 11 is 3.53. The van der Waals surface area contributed by atoms with Gasteiger partial charge < -0.3 is 15.5 Å². The number of aromatic nitrogens is 2. The average Bonchev–Trinajstić information content (AvgIpc) is 2.65. The van der Waals surface area contributed by atoms with Gasteiger partial charge in [0.15, 0.2) is 0 Å². The maximum atomic E-state index is 5.54. The molecule has 0 saturated carbocycles. The molecule has 0 unspecified atom stereocenters. The zero-order chi connectivity index (χ0) is 13.5. The Balaban J connectivity index is 1.88. The number of halogens is 1. The number of nitrogens with zero attached hydrogens (tertiary/aromatic N) is 4. The topological polar surface area (TPSA) is 58.3 Å². The number of nitrogens with two attached hydrogens (primary N) is 1. The van der Waals surface area contributed by atoms with Crippen LogP contribution in [-0.4, -0.2) is 54.1 Å². The Morgan fingerprint density at radius 1 is 1.21 bits per heavy atom. The van der Waals surface area contributed by atoms with Crippen LogP contribution in [0.3, 0.4) is 0 Å². The largest absolute Gasteiger partial charge is 0.354 e. The summed E-state index contributed by atoms with van der Waals surface area (Å²) in [6, 6.07) is 0. The Kier molecular flexibility index (Phi) is 6.00. The minimum atomic E-state index is 0.799. The molecule has 0 aliphatic carbocycles. The maximum Gasteiger partial charge on any atom is 0.146 e. The SMILES string of the molecule is NCCCCN1CCCN(c2ncncc2Br)CC1. The van der Waals surface area contributed by atoms with E-state index in [1.165, 1.54) is 19.4 Å². The molecular formula is C13H22BrN5. The zero-order valence-electron chi connectivity index (χ0n) is 11.3. The van der Waals surface area contributed by atoms with Crippen molar-refractivity contribution in [2.75, 3.05) is 44.2 Å². The molecule has 5 nitrogen and oxygen atoms in total. The van der Waals surface area contributed by atoms with E-state index in [4.69, 9.17) is 5.73 Å². The van der Waals surface area contributed by atoms with E-state index >= 15 is 0 Å². The normalized spacial score (nSPS) is 17.5. The standard InChI is InChI=1S/C13H22BrN5/c14-12-10-16-11-17-13(12)19-7-3-6-18(8-9-19)5-2-1-4-15/h10-11H,1-9,15H2. The first-order chi connectivity index (χ1) is 9.31. The van der Waals surface area contributed by atoms with E-state index in [1.54, 1.807) is 6.33 Å². The second-order valence-corrected chi connectivity index (χ2v) is 5.73. The molecule has 1 saturated heterocycles. The first-order valence-corrected chi connectivity index (χ1v) is 7.73. The van der Waals surface area contributed by atoms with E-state index in [0.717, 1.165) is 49.4 Å². The first-order valence-electron chi connectivity index (χ1n) is 6.94. The third-order valence-corrected chi connectivity index (χ3v) is 4.02. The monoisotopic (exact) mass is 327 g/mol. The van der Waals surface area contributed by atoms with Gasteiger partial charge >= 0.3 is 0 Å². The van der Waals surface area contributed by atoms with Crippen LogP contribution in [0.4, 0.5) is 5.82 Å². The van der Waals surface area contributed by atoms with Gasteiger partial charge in [-0.2, -0.15) is 0 Å².